The maximum Gasteiger partial charge on any atom is 0.306 e. The molecule has 1 atom stereocenters. The van der Waals surface area contributed by atoms with Gasteiger partial charge < -0.3 is 14.8 Å². The van der Waals surface area contributed by atoms with E-state index in [2.05, 4.69) is 5.32 Å². The van der Waals surface area contributed by atoms with Gasteiger partial charge in [-0.15, -0.1) is 0 Å². The third kappa shape index (κ3) is 5.23. The summed E-state index contributed by atoms with van der Waals surface area (Å²) < 4.78 is 32.8. The Morgan fingerprint density at radius 2 is 2.08 bits per heavy atom. The number of benzene rings is 1. The molecule has 1 fully saturated rings. The highest BCUT2D eigenvalue weighted by atomic mass is 32.2. The average Bonchev–Trinajstić information content (AvgIpc) is 2.84. The van der Waals surface area contributed by atoms with Gasteiger partial charge >= 0.3 is 5.97 Å². The van der Waals surface area contributed by atoms with E-state index < -0.39 is 28.3 Å². The molecule has 0 unspecified atom stereocenters. The number of methoxy groups -OCH3 is 1. The van der Waals surface area contributed by atoms with Crippen molar-refractivity contribution in [2.45, 2.75) is 19.8 Å². The third-order valence-corrected chi connectivity index (χ3v) is 5.61. The number of aryl methyl sites for hydroxylation is 1. The largest absolute Gasteiger partial charge is 0.495 e. The standard InChI is InChI=1S/C16H21NO6S/c1-11-3-4-14(22-2)13(7-11)17-15(18)9-23-16(19)8-12-5-6-24(20,21)10-12/h3-4,7,12H,5-6,8-10H2,1-2H3,(H,17,18)/t12-/m1/s1. The molecular formula is C16H21NO6S. The number of anilines is 1. The van der Waals surface area contributed by atoms with Gasteiger partial charge in [0.05, 0.1) is 24.3 Å². The van der Waals surface area contributed by atoms with Gasteiger partial charge in [-0.1, -0.05) is 6.07 Å². The Kier molecular flexibility index (Phi) is 5.82. The first-order valence-corrected chi connectivity index (χ1v) is 9.42. The number of hydrogen-bond acceptors (Lipinski definition) is 6. The van der Waals surface area contributed by atoms with Gasteiger partial charge in [-0.25, -0.2) is 8.42 Å². The van der Waals surface area contributed by atoms with E-state index in [1.54, 1.807) is 12.1 Å². The summed E-state index contributed by atoms with van der Waals surface area (Å²) in [4.78, 5) is 23.6. The van der Waals surface area contributed by atoms with E-state index in [1.165, 1.54) is 7.11 Å². The molecule has 24 heavy (non-hydrogen) atoms. The Balaban J connectivity index is 1.81. The van der Waals surface area contributed by atoms with Crippen LogP contribution in [-0.2, 0) is 24.2 Å². The number of carbonyl (C=O) groups is 2. The van der Waals surface area contributed by atoms with Crippen molar-refractivity contribution in [1.82, 2.24) is 0 Å². The highest BCUT2D eigenvalue weighted by Crippen LogP contribution is 2.25. The minimum Gasteiger partial charge on any atom is -0.495 e. The lowest BCUT2D eigenvalue weighted by Gasteiger charge is -2.12. The van der Waals surface area contributed by atoms with E-state index in [1.807, 2.05) is 13.0 Å². The first-order valence-electron chi connectivity index (χ1n) is 7.59. The summed E-state index contributed by atoms with van der Waals surface area (Å²) in [5.41, 5.74) is 1.45. The van der Waals surface area contributed by atoms with Crippen LogP contribution in [0.3, 0.4) is 0 Å². The van der Waals surface area contributed by atoms with Crippen molar-refractivity contribution in [1.29, 1.82) is 0 Å². The number of rotatable bonds is 6. The molecule has 0 spiro atoms. The van der Waals surface area contributed by atoms with Gasteiger partial charge in [0.15, 0.2) is 16.4 Å². The van der Waals surface area contributed by atoms with Crippen molar-refractivity contribution in [3.63, 3.8) is 0 Å². The summed E-state index contributed by atoms with van der Waals surface area (Å²) in [6.07, 6.45) is 0.477. The van der Waals surface area contributed by atoms with Crippen LogP contribution in [0.2, 0.25) is 0 Å². The summed E-state index contributed by atoms with van der Waals surface area (Å²) in [6, 6.07) is 5.34. The molecular weight excluding hydrogens is 334 g/mol. The minimum absolute atomic E-state index is 0.00872. The van der Waals surface area contributed by atoms with Crippen molar-refractivity contribution in [3.8, 4) is 5.75 Å². The molecule has 0 bridgehead atoms. The molecule has 1 aromatic rings. The summed E-state index contributed by atoms with van der Waals surface area (Å²) in [6.45, 7) is 1.46. The molecule has 132 valence electrons. The van der Waals surface area contributed by atoms with Crippen molar-refractivity contribution in [2.24, 2.45) is 5.92 Å². The van der Waals surface area contributed by atoms with Gasteiger partial charge in [-0.3, -0.25) is 9.59 Å². The average molecular weight is 355 g/mol. The first kappa shape index (κ1) is 18.3. The molecule has 2 rings (SSSR count). The maximum absolute atomic E-state index is 11.9. The number of carbonyl (C=O) groups excluding carboxylic acids is 2. The zero-order valence-electron chi connectivity index (χ0n) is 13.7. The second-order valence-electron chi connectivity index (χ2n) is 5.89. The topological polar surface area (TPSA) is 98.8 Å². The van der Waals surface area contributed by atoms with Crippen LogP contribution in [0, 0.1) is 12.8 Å². The van der Waals surface area contributed by atoms with Gasteiger partial charge in [0.2, 0.25) is 0 Å². The van der Waals surface area contributed by atoms with Crippen molar-refractivity contribution < 1.29 is 27.5 Å². The van der Waals surface area contributed by atoms with Crippen LogP contribution in [0.15, 0.2) is 18.2 Å². The smallest absolute Gasteiger partial charge is 0.306 e. The fraction of sp³-hybridized carbons (Fsp3) is 0.500. The number of ether oxygens (including phenoxy) is 2. The maximum atomic E-state index is 11.9. The van der Waals surface area contributed by atoms with Gasteiger partial charge in [-0.05, 0) is 37.0 Å². The zero-order valence-corrected chi connectivity index (χ0v) is 14.5. The minimum atomic E-state index is -3.03. The summed E-state index contributed by atoms with van der Waals surface area (Å²) in [7, 11) is -1.53. The van der Waals surface area contributed by atoms with Gasteiger partial charge in [0.1, 0.15) is 5.75 Å². The van der Waals surface area contributed by atoms with Crippen molar-refractivity contribution >= 4 is 27.4 Å². The van der Waals surface area contributed by atoms with E-state index in [0.29, 0.717) is 17.9 Å². The lowest BCUT2D eigenvalue weighted by atomic mass is 10.1. The highest BCUT2D eigenvalue weighted by molar-refractivity contribution is 7.91. The molecule has 1 N–H and O–H groups in total. The van der Waals surface area contributed by atoms with Crippen LogP contribution in [0.25, 0.3) is 0 Å². The second kappa shape index (κ2) is 7.65. The van der Waals surface area contributed by atoms with Crippen molar-refractivity contribution in [3.05, 3.63) is 23.8 Å². The number of nitrogens with one attached hydrogen (secondary N) is 1. The molecule has 1 heterocycles. The van der Waals surface area contributed by atoms with E-state index in [4.69, 9.17) is 9.47 Å². The van der Waals surface area contributed by atoms with Crippen LogP contribution in [-0.4, -0.2) is 45.5 Å². The number of hydrogen-bond donors (Lipinski definition) is 1. The normalized spacial score (nSPS) is 18.8. The SMILES string of the molecule is COc1ccc(C)cc1NC(=O)COC(=O)C[C@H]1CCS(=O)(=O)C1. The second-order valence-corrected chi connectivity index (χ2v) is 8.11. The number of amides is 1. The first-order chi connectivity index (χ1) is 11.3. The molecule has 0 aromatic heterocycles. The molecule has 1 amide bonds. The highest BCUT2D eigenvalue weighted by Gasteiger charge is 2.30. The van der Waals surface area contributed by atoms with Crippen LogP contribution in [0.4, 0.5) is 5.69 Å². The lowest BCUT2D eigenvalue weighted by molar-refractivity contribution is -0.148. The van der Waals surface area contributed by atoms with Crippen LogP contribution in [0.1, 0.15) is 18.4 Å². The Morgan fingerprint density at radius 3 is 2.71 bits per heavy atom. The van der Waals surface area contributed by atoms with E-state index >= 15 is 0 Å². The van der Waals surface area contributed by atoms with E-state index in [0.717, 1.165) is 5.56 Å². The molecule has 1 aromatic carbocycles. The van der Waals surface area contributed by atoms with E-state index in [-0.39, 0.29) is 23.8 Å². The molecule has 8 heteroatoms. The molecule has 0 saturated carbocycles. The van der Waals surface area contributed by atoms with Crippen LogP contribution < -0.4 is 10.1 Å². The van der Waals surface area contributed by atoms with Crippen LogP contribution >= 0.6 is 0 Å². The molecule has 1 aliphatic rings. The predicted octanol–water partition coefficient (Wildman–Crippen LogP) is 1.31. The fourth-order valence-electron chi connectivity index (χ4n) is 2.58. The van der Waals surface area contributed by atoms with E-state index in [9.17, 15) is 18.0 Å². The molecule has 7 nitrogen and oxygen atoms in total. The number of sulfone groups is 1. The van der Waals surface area contributed by atoms with Gasteiger partial charge in [-0.2, -0.15) is 0 Å². The van der Waals surface area contributed by atoms with Crippen molar-refractivity contribution in [2.75, 3.05) is 30.5 Å². The molecule has 0 radical (unpaired) electrons. The summed E-state index contributed by atoms with van der Waals surface area (Å²) in [5.74, 6) is -0.637. The van der Waals surface area contributed by atoms with Gasteiger partial charge in [0.25, 0.3) is 5.91 Å². The predicted molar refractivity (Wildman–Crippen MR) is 88.7 cm³/mol. The monoisotopic (exact) mass is 355 g/mol. The number of esters is 1. The summed E-state index contributed by atoms with van der Waals surface area (Å²) in [5, 5.41) is 2.63. The lowest BCUT2D eigenvalue weighted by Crippen LogP contribution is -2.22. The third-order valence-electron chi connectivity index (χ3n) is 3.78. The quantitative estimate of drug-likeness (QED) is 0.773. The Hall–Kier alpha value is -2.09. The summed E-state index contributed by atoms with van der Waals surface area (Å²) >= 11 is 0. The Morgan fingerprint density at radius 1 is 1.33 bits per heavy atom. The molecule has 1 aliphatic heterocycles. The molecule has 1 saturated heterocycles. The zero-order chi connectivity index (χ0) is 17.7. The fourth-order valence-corrected chi connectivity index (χ4v) is 4.44. The Bertz CT molecular complexity index is 728. The van der Waals surface area contributed by atoms with Gasteiger partial charge in [0, 0.05) is 6.42 Å². The molecule has 0 aliphatic carbocycles. The Labute approximate surface area is 141 Å². The van der Waals surface area contributed by atoms with Crippen LogP contribution in [0.5, 0.6) is 5.75 Å².